The minimum Gasteiger partial charge on any atom is -0.395 e. The van der Waals surface area contributed by atoms with E-state index in [4.69, 9.17) is 9.84 Å². The summed E-state index contributed by atoms with van der Waals surface area (Å²) in [4.78, 5) is 13.4. The molecule has 0 spiro atoms. The molecule has 0 bridgehead atoms. The van der Waals surface area contributed by atoms with Crippen LogP contribution < -0.4 is 0 Å². The number of carbonyl (C=O) groups is 1. The van der Waals surface area contributed by atoms with Crippen LogP contribution >= 0.6 is 0 Å². The predicted molar refractivity (Wildman–Crippen MR) is 70.2 cm³/mol. The second kappa shape index (κ2) is 8.60. The van der Waals surface area contributed by atoms with Gasteiger partial charge in [0.05, 0.1) is 13.2 Å². The van der Waals surface area contributed by atoms with E-state index in [1.807, 2.05) is 0 Å². The van der Waals surface area contributed by atoms with Gasteiger partial charge >= 0.3 is 0 Å². The molecule has 4 nitrogen and oxygen atoms in total. The first-order chi connectivity index (χ1) is 9.58. The van der Waals surface area contributed by atoms with Crippen molar-refractivity contribution in [3.63, 3.8) is 0 Å². The zero-order valence-electron chi connectivity index (χ0n) is 11.4. The standard InChI is InChI=1S/C14H19F2NO3/c1-20-9-7-17(6-8-18)14(19)5-3-11-2-4-12(15)13(16)10-11/h2,4,10,18H,3,5-9H2,1H3. The van der Waals surface area contributed by atoms with Crippen molar-refractivity contribution in [3.05, 3.63) is 35.4 Å². The van der Waals surface area contributed by atoms with Crippen molar-refractivity contribution in [1.82, 2.24) is 4.90 Å². The summed E-state index contributed by atoms with van der Waals surface area (Å²) in [6.07, 6.45) is 0.500. The van der Waals surface area contributed by atoms with Crippen molar-refractivity contribution in [2.75, 3.05) is 33.4 Å². The minimum absolute atomic E-state index is 0.124. The number of aliphatic hydroxyl groups excluding tert-OH is 1. The number of ether oxygens (including phenoxy) is 1. The third-order valence-corrected chi connectivity index (χ3v) is 2.90. The van der Waals surface area contributed by atoms with Gasteiger partial charge in [-0.2, -0.15) is 0 Å². The van der Waals surface area contributed by atoms with Gasteiger partial charge in [0.25, 0.3) is 0 Å². The number of nitrogens with zero attached hydrogens (tertiary/aromatic N) is 1. The first-order valence-electron chi connectivity index (χ1n) is 6.40. The molecule has 1 rings (SSSR count). The van der Waals surface area contributed by atoms with E-state index in [0.717, 1.165) is 12.1 Å². The Kier molecular flexibility index (Phi) is 7.11. The van der Waals surface area contributed by atoms with Gasteiger partial charge in [0.1, 0.15) is 0 Å². The molecule has 6 heteroatoms. The number of hydrogen-bond donors (Lipinski definition) is 1. The molecule has 0 aromatic heterocycles. The van der Waals surface area contributed by atoms with Gasteiger partial charge in [0.15, 0.2) is 11.6 Å². The van der Waals surface area contributed by atoms with E-state index in [0.29, 0.717) is 25.1 Å². The van der Waals surface area contributed by atoms with E-state index < -0.39 is 11.6 Å². The lowest BCUT2D eigenvalue weighted by atomic mass is 10.1. The van der Waals surface area contributed by atoms with Crippen LogP contribution in [0.5, 0.6) is 0 Å². The van der Waals surface area contributed by atoms with Crippen LogP contribution in [0.4, 0.5) is 8.78 Å². The number of halogens is 2. The number of hydrogen-bond acceptors (Lipinski definition) is 3. The van der Waals surface area contributed by atoms with Gasteiger partial charge in [-0.1, -0.05) is 6.07 Å². The molecule has 0 saturated carbocycles. The van der Waals surface area contributed by atoms with Crippen LogP contribution in [-0.2, 0) is 16.0 Å². The molecule has 0 heterocycles. The number of benzene rings is 1. The molecule has 1 aromatic rings. The van der Waals surface area contributed by atoms with Crippen LogP contribution in [0.15, 0.2) is 18.2 Å². The minimum atomic E-state index is -0.915. The van der Waals surface area contributed by atoms with Crippen molar-refractivity contribution < 1.29 is 23.4 Å². The molecule has 0 aliphatic rings. The third-order valence-electron chi connectivity index (χ3n) is 2.90. The lowest BCUT2D eigenvalue weighted by Gasteiger charge is -2.21. The highest BCUT2D eigenvalue weighted by molar-refractivity contribution is 5.76. The van der Waals surface area contributed by atoms with E-state index in [-0.39, 0.29) is 25.5 Å². The molecule has 0 aliphatic carbocycles. The van der Waals surface area contributed by atoms with Crippen molar-refractivity contribution in [2.45, 2.75) is 12.8 Å². The van der Waals surface area contributed by atoms with Gasteiger partial charge in [-0.25, -0.2) is 8.78 Å². The molecule has 0 fully saturated rings. The Morgan fingerprint density at radius 1 is 1.30 bits per heavy atom. The van der Waals surface area contributed by atoms with Crippen LogP contribution in [-0.4, -0.2) is 49.3 Å². The Morgan fingerprint density at radius 3 is 2.65 bits per heavy atom. The number of aliphatic hydroxyl groups is 1. The third kappa shape index (κ3) is 5.22. The Morgan fingerprint density at radius 2 is 2.05 bits per heavy atom. The van der Waals surface area contributed by atoms with Crippen LogP contribution in [0.1, 0.15) is 12.0 Å². The molecule has 1 N–H and O–H groups in total. The number of methoxy groups -OCH3 is 1. The van der Waals surface area contributed by atoms with Crippen molar-refractivity contribution >= 4 is 5.91 Å². The summed E-state index contributed by atoms with van der Waals surface area (Å²) < 4.78 is 30.7. The van der Waals surface area contributed by atoms with Gasteiger partial charge in [-0.15, -0.1) is 0 Å². The maximum Gasteiger partial charge on any atom is 0.223 e. The van der Waals surface area contributed by atoms with Gasteiger partial charge < -0.3 is 14.7 Å². The summed E-state index contributed by atoms with van der Waals surface area (Å²) in [6.45, 7) is 0.894. The summed E-state index contributed by atoms with van der Waals surface area (Å²) in [5, 5.41) is 8.91. The number of aryl methyl sites for hydroxylation is 1. The van der Waals surface area contributed by atoms with E-state index in [2.05, 4.69) is 0 Å². The molecular weight excluding hydrogens is 268 g/mol. The van der Waals surface area contributed by atoms with Crippen LogP contribution in [0.3, 0.4) is 0 Å². The quantitative estimate of drug-likeness (QED) is 0.785. The Bertz CT molecular complexity index is 440. The normalized spacial score (nSPS) is 10.6. The second-order valence-electron chi connectivity index (χ2n) is 4.35. The average Bonchev–Trinajstić information content (AvgIpc) is 2.44. The largest absolute Gasteiger partial charge is 0.395 e. The highest BCUT2D eigenvalue weighted by Crippen LogP contribution is 2.11. The maximum absolute atomic E-state index is 13.0. The molecule has 0 aliphatic heterocycles. The molecule has 20 heavy (non-hydrogen) atoms. The topological polar surface area (TPSA) is 49.8 Å². The van der Waals surface area contributed by atoms with E-state index in [1.165, 1.54) is 18.1 Å². The van der Waals surface area contributed by atoms with Crippen LogP contribution in [0, 0.1) is 11.6 Å². The summed E-state index contributed by atoms with van der Waals surface area (Å²) in [7, 11) is 1.53. The second-order valence-corrected chi connectivity index (χ2v) is 4.35. The van der Waals surface area contributed by atoms with Crippen LogP contribution in [0.2, 0.25) is 0 Å². The predicted octanol–water partition coefficient (Wildman–Crippen LogP) is 1.36. The number of carbonyl (C=O) groups excluding carboxylic acids is 1. The summed E-state index contributed by atoms with van der Waals surface area (Å²) in [6, 6.07) is 3.59. The summed E-state index contributed by atoms with van der Waals surface area (Å²) in [5.41, 5.74) is 0.563. The molecule has 0 unspecified atom stereocenters. The van der Waals surface area contributed by atoms with E-state index in [9.17, 15) is 13.6 Å². The smallest absolute Gasteiger partial charge is 0.223 e. The van der Waals surface area contributed by atoms with Crippen LogP contribution in [0.25, 0.3) is 0 Å². The van der Waals surface area contributed by atoms with Crippen molar-refractivity contribution in [2.24, 2.45) is 0 Å². The monoisotopic (exact) mass is 287 g/mol. The SMILES string of the molecule is COCCN(CCO)C(=O)CCc1ccc(F)c(F)c1. The fourth-order valence-corrected chi connectivity index (χ4v) is 1.79. The van der Waals surface area contributed by atoms with Gasteiger partial charge in [-0.05, 0) is 24.1 Å². The molecule has 0 saturated heterocycles. The van der Waals surface area contributed by atoms with Gasteiger partial charge in [0.2, 0.25) is 5.91 Å². The van der Waals surface area contributed by atoms with Gasteiger partial charge in [0, 0.05) is 26.6 Å². The number of rotatable bonds is 8. The Balaban J connectivity index is 2.52. The zero-order valence-corrected chi connectivity index (χ0v) is 11.4. The molecule has 0 atom stereocenters. The van der Waals surface area contributed by atoms with E-state index >= 15 is 0 Å². The maximum atomic E-state index is 13.0. The van der Waals surface area contributed by atoms with Crippen molar-refractivity contribution in [3.8, 4) is 0 Å². The van der Waals surface area contributed by atoms with E-state index in [1.54, 1.807) is 0 Å². The lowest BCUT2D eigenvalue weighted by molar-refractivity contribution is -0.132. The first-order valence-corrected chi connectivity index (χ1v) is 6.40. The average molecular weight is 287 g/mol. The molecule has 112 valence electrons. The summed E-state index contributed by atoms with van der Waals surface area (Å²) in [5.74, 6) is -1.97. The first kappa shape index (κ1) is 16.5. The molecular formula is C14H19F2NO3. The number of amides is 1. The lowest BCUT2D eigenvalue weighted by Crippen LogP contribution is -2.36. The Hall–Kier alpha value is -1.53. The van der Waals surface area contributed by atoms with Crippen molar-refractivity contribution in [1.29, 1.82) is 0 Å². The fourth-order valence-electron chi connectivity index (χ4n) is 1.79. The molecule has 1 aromatic carbocycles. The summed E-state index contributed by atoms with van der Waals surface area (Å²) >= 11 is 0. The molecule has 0 radical (unpaired) electrons. The zero-order chi connectivity index (χ0) is 15.0. The highest BCUT2D eigenvalue weighted by atomic mass is 19.2. The highest BCUT2D eigenvalue weighted by Gasteiger charge is 2.13. The van der Waals surface area contributed by atoms with Gasteiger partial charge in [-0.3, -0.25) is 4.79 Å². The molecule has 1 amide bonds. The Labute approximate surface area is 117 Å². The fraction of sp³-hybridized carbons (Fsp3) is 0.500.